The van der Waals surface area contributed by atoms with Gasteiger partial charge >= 0.3 is 6.18 Å². The number of aromatic nitrogens is 2. The lowest BCUT2D eigenvalue weighted by molar-refractivity contribution is -0.247. The minimum Gasteiger partial charge on any atom is -0.370 e. The summed E-state index contributed by atoms with van der Waals surface area (Å²) in [5.41, 5.74) is -2.74. The summed E-state index contributed by atoms with van der Waals surface area (Å²) in [7, 11) is 0. The Labute approximate surface area is 150 Å². The van der Waals surface area contributed by atoms with Crippen LogP contribution in [0.25, 0.3) is 10.2 Å². The number of nitrogens with zero attached hydrogens (tertiary/aromatic N) is 3. The van der Waals surface area contributed by atoms with Gasteiger partial charge in [-0.15, -0.1) is 11.3 Å². The molecule has 0 aliphatic rings. The van der Waals surface area contributed by atoms with Gasteiger partial charge in [0.15, 0.2) is 5.13 Å². The first kappa shape index (κ1) is 18.1. The van der Waals surface area contributed by atoms with E-state index < -0.39 is 16.8 Å². The molecule has 0 radical (unpaired) electrons. The molecule has 2 heterocycles. The molecule has 1 aromatic carbocycles. The Morgan fingerprint density at radius 1 is 1.12 bits per heavy atom. The minimum absolute atomic E-state index is 0.277. The van der Waals surface area contributed by atoms with Gasteiger partial charge in [-0.2, -0.15) is 13.2 Å². The first-order chi connectivity index (χ1) is 11.8. The molecule has 0 fully saturated rings. The number of para-hydroxylation sites is 1. The fourth-order valence-electron chi connectivity index (χ4n) is 2.47. The summed E-state index contributed by atoms with van der Waals surface area (Å²) in [6.07, 6.45) is -3.81. The summed E-state index contributed by atoms with van der Waals surface area (Å²) in [5.74, 6) is 0. The van der Waals surface area contributed by atoms with E-state index in [1.807, 2.05) is 18.7 Å². The molecule has 0 aliphatic carbocycles. The van der Waals surface area contributed by atoms with Crippen LogP contribution >= 0.6 is 22.7 Å². The zero-order valence-electron chi connectivity index (χ0n) is 13.5. The molecule has 1 atom stereocenters. The van der Waals surface area contributed by atoms with E-state index in [0.717, 1.165) is 28.9 Å². The number of rotatable bonds is 5. The molecule has 0 spiro atoms. The van der Waals surface area contributed by atoms with Crippen LogP contribution in [0.2, 0.25) is 0 Å². The van der Waals surface area contributed by atoms with Crippen LogP contribution in [0.15, 0.2) is 30.5 Å². The number of hydrogen-bond donors (Lipinski definition) is 1. The monoisotopic (exact) mass is 387 g/mol. The van der Waals surface area contributed by atoms with Crippen LogP contribution in [-0.2, 0) is 5.60 Å². The lowest BCUT2D eigenvalue weighted by Crippen LogP contribution is -2.42. The number of halogens is 3. The molecule has 4 nitrogen and oxygen atoms in total. The van der Waals surface area contributed by atoms with Gasteiger partial charge in [0, 0.05) is 19.3 Å². The number of alkyl halides is 3. The predicted molar refractivity (Wildman–Crippen MR) is 94.3 cm³/mol. The van der Waals surface area contributed by atoms with E-state index in [1.165, 1.54) is 0 Å². The molecule has 1 N–H and O–H groups in total. The molecule has 2 aromatic heterocycles. The molecule has 9 heteroatoms. The predicted octanol–water partition coefficient (Wildman–Crippen LogP) is 4.40. The number of hydrogen-bond acceptors (Lipinski definition) is 6. The Balaban J connectivity index is 2.14. The van der Waals surface area contributed by atoms with Gasteiger partial charge in [0.25, 0.3) is 0 Å². The summed E-state index contributed by atoms with van der Waals surface area (Å²) in [5, 5.41) is 10.8. The highest BCUT2D eigenvalue weighted by molar-refractivity contribution is 7.19. The average Bonchev–Trinajstić information content (AvgIpc) is 3.21. The maximum Gasteiger partial charge on any atom is 0.429 e. The second-order valence-electron chi connectivity index (χ2n) is 5.37. The lowest BCUT2D eigenvalue weighted by Gasteiger charge is -2.27. The van der Waals surface area contributed by atoms with Gasteiger partial charge in [-0.3, -0.25) is 0 Å². The van der Waals surface area contributed by atoms with E-state index in [2.05, 4.69) is 9.97 Å². The standard InChI is InChI=1S/C16H16F3N3OS2/c1-3-22(4-2)14-20-9-12(25-14)15(23,16(17,18)19)13-21-10-7-5-6-8-11(10)24-13/h5-9,23H,3-4H2,1-2H3. The molecule has 1 unspecified atom stereocenters. The van der Waals surface area contributed by atoms with Gasteiger partial charge in [0.1, 0.15) is 5.01 Å². The molecule has 0 amide bonds. The summed E-state index contributed by atoms with van der Waals surface area (Å²) in [6.45, 7) is 5.03. The van der Waals surface area contributed by atoms with Crippen LogP contribution < -0.4 is 4.90 Å². The molecular weight excluding hydrogens is 371 g/mol. The van der Waals surface area contributed by atoms with Gasteiger partial charge in [-0.05, 0) is 26.0 Å². The van der Waals surface area contributed by atoms with Crippen molar-refractivity contribution in [1.82, 2.24) is 9.97 Å². The second kappa shape index (κ2) is 6.54. The van der Waals surface area contributed by atoms with Gasteiger partial charge < -0.3 is 10.0 Å². The van der Waals surface area contributed by atoms with E-state index in [0.29, 0.717) is 28.4 Å². The van der Waals surface area contributed by atoms with Gasteiger partial charge in [-0.25, -0.2) is 9.97 Å². The van der Waals surface area contributed by atoms with Crippen molar-refractivity contribution in [3.05, 3.63) is 40.3 Å². The van der Waals surface area contributed by atoms with Crippen molar-refractivity contribution in [2.24, 2.45) is 0 Å². The molecule has 0 saturated heterocycles. The van der Waals surface area contributed by atoms with Crippen molar-refractivity contribution in [2.45, 2.75) is 25.6 Å². The normalized spacial score (nSPS) is 14.6. The maximum atomic E-state index is 13.9. The highest BCUT2D eigenvalue weighted by Gasteiger charge is 2.59. The Morgan fingerprint density at radius 3 is 2.40 bits per heavy atom. The third-order valence-corrected chi connectivity index (χ3v) is 6.21. The summed E-state index contributed by atoms with van der Waals surface area (Å²) in [6, 6.07) is 6.73. The number of anilines is 1. The van der Waals surface area contributed by atoms with Crippen molar-refractivity contribution in [1.29, 1.82) is 0 Å². The molecule has 0 saturated carbocycles. The smallest absolute Gasteiger partial charge is 0.370 e. The SMILES string of the molecule is CCN(CC)c1ncc(C(O)(c2nc3ccccc3s2)C(F)(F)F)s1. The van der Waals surface area contributed by atoms with Crippen molar-refractivity contribution in [2.75, 3.05) is 18.0 Å². The summed E-state index contributed by atoms with van der Waals surface area (Å²) < 4.78 is 42.2. The van der Waals surface area contributed by atoms with Crippen LogP contribution in [0.3, 0.4) is 0 Å². The van der Waals surface area contributed by atoms with Crippen LogP contribution in [0.4, 0.5) is 18.3 Å². The fourth-order valence-corrected chi connectivity index (χ4v) is 4.78. The Morgan fingerprint density at radius 2 is 1.80 bits per heavy atom. The first-order valence-corrected chi connectivity index (χ1v) is 9.31. The van der Waals surface area contributed by atoms with Crippen molar-refractivity contribution >= 4 is 38.0 Å². The molecule has 0 aliphatic heterocycles. The summed E-state index contributed by atoms with van der Waals surface area (Å²) >= 11 is 1.68. The highest BCUT2D eigenvalue weighted by Crippen LogP contribution is 2.48. The largest absolute Gasteiger partial charge is 0.429 e. The minimum atomic E-state index is -4.91. The third kappa shape index (κ3) is 3.00. The van der Waals surface area contributed by atoms with E-state index in [-0.39, 0.29) is 4.88 Å². The first-order valence-electron chi connectivity index (χ1n) is 7.67. The number of benzene rings is 1. The zero-order valence-corrected chi connectivity index (χ0v) is 15.2. The molecule has 0 bridgehead atoms. The Bertz CT molecular complexity index is 840. The third-order valence-electron chi connectivity index (χ3n) is 3.90. The molecule has 25 heavy (non-hydrogen) atoms. The van der Waals surface area contributed by atoms with Gasteiger partial charge in [0.05, 0.1) is 15.1 Å². The van der Waals surface area contributed by atoms with Crippen molar-refractivity contribution in [3.63, 3.8) is 0 Å². The number of fused-ring (bicyclic) bond motifs is 1. The molecule has 3 aromatic rings. The Hall–Kier alpha value is -1.71. The topological polar surface area (TPSA) is 49.2 Å². The van der Waals surface area contributed by atoms with E-state index >= 15 is 0 Å². The number of aliphatic hydroxyl groups is 1. The van der Waals surface area contributed by atoms with E-state index in [1.54, 1.807) is 24.3 Å². The Kier molecular flexibility index (Phi) is 4.74. The lowest BCUT2D eigenvalue weighted by atomic mass is 10.0. The van der Waals surface area contributed by atoms with E-state index in [4.69, 9.17) is 0 Å². The van der Waals surface area contributed by atoms with Crippen LogP contribution in [0.1, 0.15) is 23.7 Å². The van der Waals surface area contributed by atoms with Crippen LogP contribution in [0, 0.1) is 0 Å². The quantitative estimate of drug-likeness (QED) is 0.705. The van der Waals surface area contributed by atoms with Crippen molar-refractivity contribution < 1.29 is 18.3 Å². The van der Waals surface area contributed by atoms with Crippen LogP contribution in [0.5, 0.6) is 0 Å². The highest BCUT2D eigenvalue weighted by atomic mass is 32.1. The second-order valence-corrected chi connectivity index (χ2v) is 7.41. The zero-order chi connectivity index (χ0) is 18.2. The molecule has 134 valence electrons. The van der Waals surface area contributed by atoms with Gasteiger partial charge in [-0.1, -0.05) is 23.5 Å². The molecular formula is C16H16F3N3OS2. The summed E-state index contributed by atoms with van der Waals surface area (Å²) in [4.78, 5) is 9.67. The van der Waals surface area contributed by atoms with E-state index in [9.17, 15) is 18.3 Å². The van der Waals surface area contributed by atoms with Crippen molar-refractivity contribution in [3.8, 4) is 0 Å². The fraction of sp³-hybridized carbons (Fsp3) is 0.375. The van der Waals surface area contributed by atoms with Gasteiger partial charge in [0.2, 0.25) is 5.60 Å². The maximum absolute atomic E-state index is 13.9. The van der Waals surface area contributed by atoms with Crippen LogP contribution in [-0.4, -0.2) is 34.3 Å². The average molecular weight is 387 g/mol. The molecule has 3 rings (SSSR count). The number of thiazole rings is 2.